The first-order valence-corrected chi connectivity index (χ1v) is 14.7. The lowest BCUT2D eigenvalue weighted by atomic mass is 10.0. The molecule has 2 aliphatic rings. The number of nitrogen functional groups attached to an aromatic ring is 1. The molecule has 0 unspecified atom stereocenters. The summed E-state index contributed by atoms with van der Waals surface area (Å²) in [4.78, 5) is 32.8. The summed E-state index contributed by atoms with van der Waals surface area (Å²) in [5, 5.41) is 16.9. The van der Waals surface area contributed by atoms with Crippen LogP contribution >= 0.6 is 0 Å². The number of nitrogens with one attached hydrogen (secondary N) is 2. The van der Waals surface area contributed by atoms with Crippen LogP contribution in [0.4, 0.5) is 11.5 Å². The number of sulfonamides is 1. The molecule has 1 atom stereocenters. The fourth-order valence-electron chi connectivity index (χ4n) is 4.96. The second-order valence-electron chi connectivity index (χ2n) is 11.1. The smallest absolute Gasteiger partial charge is 0.258 e. The molecule has 13 heteroatoms. The minimum Gasteiger partial charge on any atom is -0.390 e. The molecule has 1 saturated carbocycles. The summed E-state index contributed by atoms with van der Waals surface area (Å²) in [5.41, 5.74) is 7.71. The number of aliphatic hydroxyl groups is 1. The third kappa shape index (κ3) is 5.55. The predicted molar refractivity (Wildman–Crippen MR) is 147 cm³/mol. The number of rotatable bonds is 9. The molecule has 3 heterocycles. The molecule has 1 aromatic carbocycles. The number of carbonyl (C=O) groups is 2. The molecule has 0 spiro atoms. The molecule has 0 saturated heterocycles. The Morgan fingerprint density at radius 2 is 2.03 bits per heavy atom. The molecule has 39 heavy (non-hydrogen) atoms. The number of amides is 2. The van der Waals surface area contributed by atoms with E-state index in [1.54, 1.807) is 37.1 Å². The summed E-state index contributed by atoms with van der Waals surface area (Å²) < 4.78 is 28.3. The molecule has 2 aromatic heterocycles. The summed E-state index contributed by atoms with van der Waals surface area (Å²) in [7, 11) is -3.67. The first-order chi connectivity index (χ1) is 18.2. The van der Waals surface area contributed by atoms with Gasteiger partial charge in [0.05, 0.1) is 28.8 Å². The van der Waals surface area contributed by atoms with E-state index in [9.17, 15) is 23.1 Å². The molecule has 1 fully saturated rings. The second kappa shape index (κ2) is 9.49. The number of hydrogen-bond acceptors (Lipinski definition) is 8. The highest BCUT2D eigenvalue weighted by Crippen LogP contribution is 2.41. The van der Waals surface area contributed by atoms with Crippen molar-refractivity contribution >= 4 is 39.0 Å². The molecule has 12 nitrogen and oxygen atoms in total. The maximum atomic E-state index is 13.4. The Morgan fingerprint density at radius 1 is 1.31 bits per heavy atom. The summed E-state index contributed by atoms with van der Waals surface area (Å²) >= 11 is 0. The van der Waals surface area contributed by atoms with Crippen LogP contribution in [-0.4, -0.2) is 69.3 Å². The van der Waals surface area contributed by atoms with Crippen LogP contribution < -0.4 is 15.8 Å². The van der Waals surface area contributed by atoms with Crippen molar-refractivity contribution in [3.05, 3.63) is 41.1 Å². The highest BCUT2D eigenvalue weighted by Gasteiger charge is 2.40. The van der Waals surface area contributed by atoms with E-state index in [-0.39, 0.29) is 41.2 Å². The van der Waals surface area contributed by atoms with Crippen LogP contribution in [0.5, 0.6) is 0 Å². The van der Waals surface area contributed by atoms with E-state index in [0.29, 0.717) is 41.3 Å². The van der Waals surface area contributed by atoms with Crippen molar-refractivity contribution in [3.8, 4) is 11.3 Å². The van der Waals surface area contributed by atoms with Crippen molar-refractivity contribution in [2.24, 2.45) is 5.92 Å². The largest absolute Gasteiger partial charge is 0.390 e. The maximum Gasteiger partial charge on any atom is 0.258 e. The van der Waals surface area contributed by atoms with Gasteiger partial charge in [-0.25, -0.2) is 17.9 Å². The third-order valence-corrected chi connectivity index (χ3v) is 7.77. The van der Waals surface area contributed by atoms with Crippen LogP contribution in [0.25, 0.3) is 16.9 Å². The van der Waals surface area contributed by atoms with E-state index < -0.39 is 21.5 Å². The van der Waals surface area contributed by atoms with Gasteiger partial charge >= 0.3 is 0 Å². The zero-order valence-electron chi connectivity index (χ0n) is 22.4. The Kier molecular flexibility index (Phi) is 6.54. The van der Waals surface area contributed by atoms with Gasteiger partial charge in [0.2, 0.25) is 10.0 Å². The van der Waals surface area contributed by atoms with E-state index in [2.05, 4.69) is 20.1 Å². The molecule has 5 N–H and O–H groups in total. The van der Waals surface area contributed by atoms with Gasteiger partial charge < -0.3 is 21.1 Å². The number of benzene rings is 1. The van der Waals surface area contributed by atoms with Crippen LogP contribution in [0.1, 0.15) is 66.3 Å². The number of fused-ring (bicyclic) bond motifs is 2. The number of nitrogens with two attached hydrogens (primary N) is 1. The molecule has 1 aliphatic heterocycles. The Balaban J connectivity index is 1.54. The predicted octanol–water partition coefficient (Wildman–Crippen LogP) is 2.00. The summed E-state index contributed by atoms with van der Waals surface area (Å²) in [6.07, 6.45) is 5.15. The average molecular weight is 556 g/mol. The van der Waals surface area contributed by atoms with Gasteiger partial charge in [0.1, 0.15) is 5.56 Å². The number of hydrogen-bond donors (Lipinski definition) is 4. The zero-order chi connectivity index (χ0) is 28.3. The lowest BCUT2D eigenvalue weighted by Crippen LogP contribution is -2.34. The molecular weight excluding hydrogens is 522 g/mol. The summed E-state index contributed by atoms with van der Waals surface area (Å²) in [5.74, 6) is -0.207. The van der Waals surface area contributed by atoms with Gasteiger partial charge in [0.15, 0.2) is 11.5 Å². The third-order valence-electron chi connectivity index (χ3n) is 7.18. The van der Waals surface area contributed by atoms with Gasteiger partial charge in [0, 0.05) is 30.9 Å². The van der Waals surface area contributed by atoms with E-state index in [0.717, 1.165) is 19.1 Å². The number of nitrogens with zero attached hydrogens (tertiary/aromatic N) is 4. The lowest BCUT2D eigenvalue weighted by Gasteiger charge is -2.24. The SMILES string of the molecule is C[C@@H](C1CC1)N1Cc2cc(-c3ccn4nc(N)c(C(=O)NCCC(C)(C)O)c4n3)cc(NS(C)(=O)=O)c2C1=O. The monoisotopic (exact) mass is 555 g/mol. The van der Waals surface area contributed by atoms with Gasteiger partial charge in [-0.3, -0.25) is 14.3 Å². The van der Waals surface area contributed by atoms with Crippen LogP contribution in [0.3, 0.4) is 0 Å². The second-order valence-corrected chi connectivity index (χ2v) is 12.9. The lowest BCUT2D eigenvalue weighted by molar-refractivity contribution is 0.0686. The van der Waals surface area contributed by atoms with Crippen LogP contribution in [0, 0.1) is 5.92 Å². The summed E-state index contributed by atoms with van der Waals surface area (Å²) in [6, 6.07) is 5.16. The van der Waals surface area contributed by atoms with Crippen LogP contribution in [0.15, 0.2) is 24.4 Å². The van der Waals surface area contributed by atoms with E-state index >= 15 is 0 Å². The van der Waals surface area contributed by atoms with Crippen molar-refractivity contribution in [3.63, 3.8) is 0 Å². The van der Waals surface area contributed by atoms with Crippen molar-refractivity contribution < 1.29 is 23.1 Å². The van der Waals surface area contributed by atoms with E-state index in [1.807, 2.05) is 13.0 Å². The van der Waals surface area contributed by atoms with Crippen molar-refractivity contribution in [1.29, 1.82) is 0 Å². The minimum absolute atomic E-state index is 0.00379. The summed E-state index contributed by atoms with van der Waals surface area (Å²) in [6.45, 7) is 5.93. The molecular formula is C26H33N7O5S. The number of carbonyl (C=O) groups excluding carboxylic acids is 2. The van der Waals surface area contributed by atoms with E-state index in [4.69, 9.17) is 5.73 Å². The fourth-order valence-corrected chi connectivity index (χ4v) is 5.52. The molecule has 208 valence electrons. The van der Waals surface area contributed by atoms with Gasteiger partial charge in [-0.05, 0) is 69.7 Å². The van der Waals surface area contributed by atoms with Gasteiger partial charge in [-0.1, -0.05) is 0 Å². The Hall–Kier alpha value is -3.71. The topological polar surface area (TPSA) is 172 Å². The quantitative estimate of drug-likeness (QED) is 0.310. The highest BCUT2D eigenvalue weighted by atomic mass is 32.2. The molecule has 2 amide bonds. The Morgan fingerprint density at radius 3 is 2.67 bits per heavy atom. The Labute approximate surface area is 226 Å². The molecule has 3 aromatic rings. The van der Waals surface area contributed by atoms with Crippen molar-refractivity contribution in [1.82, 2.24) is 24.8 Å². The van der Waals surface area contributed by atoms with Crippen molar-refractivity contribution in [2.75, 3.05) is 23.3 Å². The van der Waals surface area contributed by atoms with Gasteiger partial charge in [0.25, 0.3) is 11.8 Å². The first-order valence-electron chi connectivity index (χ1n) is 12.8. The van der Waals surface area contributed by atoms with E-state index in [1.165, 1.54) is 4.52 Å². The molecule has 0 bridgehead atoms. The normalized spacial score (nSPS) is 16.4. The average Bonchev–Trinajstić information content (AvgIpc) is 3.54. The highest BCUT2D eigenvalue weighted by molar-refractivity contribution is 7.92. The van der Waals surface area contributed by atoms with Crippen LogP contribution in [0.2, 0.25) is 0 Å². The zero-order valence-corrected chi connectivity index (χ0v) is 23.2. The first kappa shape index (κ1) is 26.9. The Bertz CT molecular complexity index is 1590. The molecule has 1 aliphatic carbocycles. The van der Waals surface area contributed by atoms with Crippen molar-refractivity contribution in [2.45, 2.75) is 58.2 Å². The fraction of sp³-hybridized carbons (Fsp3) is 0.462. The number of anilines is 2. The van der Waals surface area contributed by atoms with Gasteiger partial charge in [-0.15, -0.1) is 5.10 Å². The van der Waals surface area contributed by atoms with Gasteiger partial charge in [-0.2, -0.15) is 0 Å². The molecule has 0 radical (unpaired) electrons. The van der Waals surface area contributed by atoms with Crippen LogP contribution in [-0.2, 0) is 16.6 Å². The minimum atomic E-state index is -3.67. The number of aromatic nitrogens is 3. The standard InChI is InChI=1S/C26H33N7O5S/c1-14(15-5-6-15)32-13-17-11-16(12-19(20(17)25(32)35)31-39(4,37)38)18-7-10-33-23(29-18)21(22(27)30-33)24(34)28-9-8-26(2,3)36/h7,10-12,14-15,31,36H,5-6,8-9,13H2,1-4H3,(H2,27,30)(H,28,34)/t14-/m0/s1. The molecule has 5 rings (SSSR count). The maximum absolute atomic E-state index is 13.4.